The number of fused-ring (bicyclic) bond motifs is 1. The Morgan fingerprint density at radius 2 is 2.35 bits per heavy atom. The van der Waals surface area contributed by atoms with Crippen molar-refractivity contribution in [3.63, 3.8) is 0 Å². The molecule has 3 atom stereocenters. The van der Waals surface area contributed by atoms with Gasteiger partial charge in [0.2, 0.25) is 5.88 Å². The number of methoxy groups -OCH3 is 1. The number of hydrogen-bond donors (Lipinski definition) is 2. The van der Waals surface area contributed by atoms with Crippen molar-refractivity contribution < 1.29 is 19.7 Å². The molecule has 108 valence electrons. The Morgan fingerprint density at radius 3 is 3.00 bits per heavy atom. The number of imidazole rings is 1. The molecule has 3 rings (SSSR count). The molecule has 1 aliphatic heterocycles. The zero-order valence-corrected chi connectivity index (χ0v) is 12.8. The highest BCUT2D eigenvalue weighted by Crippen LogP contribution is 2.32. The molecular formula is C11H13IN4O4. The summed E-state index contributed by atoms with van der Waals surface area (Å²) < 4.78 is 13.0. The number of aliphatic hydroxyl groups excluding tert-OH is 2. The normalized spacial score (nSPS) is 26.3. The fraction of sp³-hybridized carbons (Fsp3) is 0.545. The molecule has 0 bridgehead atoms. The lowest BCUT2D eigenvalue weighted by atomic mass is 10.2. The Morgan fingerprint density at radius 1 is 1.55 bits per heavy atom. The summed E-state index contributed by atoms with van der Waals surface area (Å²) in [5.41, 5.74) is 1.12. The molecule has 3 heterocycles. The van der Waals surface area contributed by atoms with Crippen molar-refractivity contribution in [2.24, 2.45) is 0 Å². The van der Waals surface area contributed by atoms with E-state index < -0.39 is 18.4 Å². The SMILES string of the molecule is COc1nc(I)nc2c1ncn2[C@H]1C[C@@H](O)[C@H](CO)O1. The van der Waals surface area contributed by atoms with Crippen LogP contribution in [0.2, 0.25) is 0 Å². The van der Waals surface area contributed by atoms with E-state index in [-0.39, 0.29) is 6.61 Å². The predicted molar refractivity (Wildman–Crippen MR) is 76.2 cm³/mol. The average molecular weight is 392 g/mol. The highest BCUT2D eigenvalue weighted by molar-refractivity contribution is 14.1. The number of nitrogens with zero attached hydrogens (tertiary/aromatic N) is 4. The van der Waals surface area contributed by atoms with E-state index in [1.165, 1.54) is 7.11 Å². The van der Waals surface area contributed by atoms with Crippen LogP contribution in [0.1, 0.15) is 12.6 Å². The van der Waals surface area contributed by atoms with Crippen molar-refractivity contribution in [1.29, 1.82) is 0 Å². The maximum absolute atomic E-state index is 9.81. The average Bonchev–Trinajstić information content (AvgIpc) is 3.00. The lowest BCUT2D eigenvalue weighted by Crippen LogP contribution is -2.24. The van der Waals surface area contributed by atoms with Gasteiger partial charge in [0.15, 0.2) is 15.0 Å². The summed E-state index contributed by atoms with van der Waals surface area (Å²) in [6, 6.07) is 0. The van der Waals surface area contributed by atoms with Crippen LogP contribution in [0.15, 0.2) is 6.33 Å². The second kappa shape index (κ2) is 5.39. The molecule has 2 N–H and O–H groups in total. The van der Waals surface area contributed by atoms with Crippen LogP contribution in [0.25, 0.3) is 11.2 Å². The van der Waals surface area contributed by atoms with Crippen molar-refractivity contribution in [3.05, 3.63) is 10.2 Å². The van der Waals surface area contributed by atoms with Gasteiger partial charge in [-0.3, -0.25) is 4.57 Å². The number of hydrogen-bond acceptors (Lipinski definition) is 7. The van der Waals surface area contributed by atoms with Crippen LogP contribution in [-0.4, -0.2) is 55.7 Å². The highest BCUT2D eigenvalue weighted by Gasteiger charge is 2.35. The minimum absolute atomic E-state index is 0.222. The maximum Gasteiger partial charge on any atom is 0.246 e. The molecule has 0 amide bonds. The summed E-state index contributed by atoms with van der Waals surface area (Å²) in [5, 5.41) is 18.9. The van der Waals surface area contributed by atoms with E-state index in [9.17, 15) is 5.11 Å². The molecule has 20 heavy (non-hydrogen) atoms. The Kier molecular flexibility index (Phi) is 3.75. The monoisotopic (exact) mass is 392 g/mol. The van der Waals surface area contributed by atoms with E-state index in [2.05, 4.69) is 15.0 Å². The molecule has 1 aliphatic rings. The lowest BCUT2D eigenvalue weighted by Gasteiger charge is -2.13. The third-order valence-corrected chi connectivity index (χ3v) is 3.73. The Hall–Kier alpha value is -1.04. The van der Waals surface area contributed by atoms with E-state index in [1.54, 1.807) is 10.9 Å². The molecule has 0 radical (unpaired) electrons. The van der Waals surface area contributed by atoms with E-state index in [0.717, 1.165) is 0 Å². The number of ether oxygens (including phenoxy) is 2. The third kappa shape index (κ3) is 2.24. The molecular weight excluding hydrogens is 379 g/mol. The van der Waals surface area contributed by atoms with Gasteiger partial charge in [-0.05, 0) is 0 Å². The summed E-state index contributed by atoms with van der Waals surface area (Å²) in [7, 11) is 1.52. The second-order valence-corrected chi connectivity index (χ2v) is 5.41. The quantitative estimate of drug-likeness (QED) is 0.564. The van der Waals surface area contributed by atoms with Gasteiger partial charge in [0, 0.05) is 29.0 Å². The fourth-order valence-electron chi connectivity index (χ4n) is 2.27. The standard InChI is InChI=1S/C11H13IN4O4/c1-19-10-8-9(14-11(12)15-10)16(4-13-8)7-2-5(18)6(3-17)20-7/h4-7,17-18H,2-3H2,1H3/t5-,6+,7-/m1/s1. The molecule has 0 aliphatic carbocycles. The van der Waals surface area contributed by atoms with Crippen molar-refractivity contribution in [2.75, 3.05) is 13.7 Å². The Labute approximate surface area is 127 Å². The minimum Gasteiger partial charge on any atom is -0.479 e. The summed E-state index contributed by atoms with van der Waals surface area (Å²) in [5.74, 6) is 0.399. The van der Waals surface area contributed by atoms with Gasteiger partial charge in [-0.1, -0.05) is 0 Å². The van der Waals surface area contributed by atoms with Gasteiger partial charge in [0.25, 0.3) is 0 Å². The molecule has 0 spiro atoms. The lowest BCUT2D eigenvalue weighted by molar-refractivity contribution is -0.0432. The van der Waals surface area contributed by atoms with Gasteiger partial charge in [0.05, 0.1) is 26.1 Å². The summed E-state index contributed by atoms with van der Waals surface area (Å²) >= 11 is 2.00. The zero-order valence-electron chi connectivity index (χ0n) is 10.6. The number of aliphatic hydroxyl groups is 2. The Bertz CT molecular complexity index is 634. The largest absolute Gasteiger partial charge is 0.479 e. The first-order chi connectivity index (χ1) is 9.63. The van der Waals surface area contributed by atoms with Gasteiger partial charge < -0.3 is 19.7 Å². The molecule has 0 aromatic carbocycles. The van der Waals surface area contributed by atoms with Gasteiger partial charge in [-0.25, -0.2) is 9.97 Å². The second-order valence-electron chi connectivity index (χ2n) is 4.44. The highest BCUT2D eigenvalue weighted by atomic mass is 127. The summed E-state index contributed by atoms with van der Waals surface area (Å²) in [6.45, 7) is -0.222. The number of rotatable bonds is 3. The van der Waals surface area contributed by atoms with Crippen molar-refractivity contribution in [3.8, 4) is 5.88 Å². The van der Waals surface area contributed by atoms with Crippen LogP contribution in [0.5, 0.6) is 5.88 Å². The van der Waals surface area contributed by atoms with Crippen molar-refractivity contribution >= 4 is 33.8 Å². The number of halogens is 1. The summed E-state index contributed by atoms with van der Waals surface area (Å²) in [6.07, 6.45) is 0.252. The van der Waals surface area contributed by atoms with E-state index in [4.69, 9.17) is 14.6 Å². The molecule has 1 fully saturated rings. The van der Waals surface area contributed by atoms with Crippen molar-refractivity contribution in [2.45, 2.75) is 24.9 Å². The van der Waals surface area contributed by atoms with E-state index in [0.29, 0.717) is 27.3 Å². The molecule has 0 saturated carbocycles. The smallest absolute Gasteiger partial charge is 0.246 e. The topological polar surface area (TPSA) is 103 Å². The molecule has 2 aromatic rings. The van der Waals surface area contributed by atoms with Crippen LogP contribution in [0.4, 0.5) is 0 Å². The minimum atomic E-state index is -0.703. The fourth-order valence-corrected chi connectivity index (χ4v) is 2.72. The van der Waals surface area contributed by atoms with Crippen molar-refractivity contribution in [1.82, 2.24) is 19.5 Å². The first-order valence-corrected chi connectivity index (χ1v) is 7.10. The van der Waals surface area contributed by atoms with Gasteiger partial charge in [-0.2, -0.15) is 4.98 Å². The van der Waals surface area contributed by atoms with E-state index in [1.807, 2.05) is 22.6 Å². The molecule has 2 aromatic heterocycles. The Balaban J connectivity index is 2.03. The van der Waals surface area contributed by atoms with Crippen LogP contribution in [0, 0.1) is 3.83 Å². The number of aromatic nitrogens is 4. The molecule has 9 heteroatoms. The molecule has 1 saturated heterocycles. The van der Waals surface area contributed by atoms with Crippen LogP contribution >= 0.6 is 22.6 Å². The molecule has 8 nitrogen and oxygen atoms in total. The van der Waals surface area contributed by atoms with Crippen LogP contribution in [-0.2, 0) is 4.74 Å². The zero-order chi connectivity index (χ0) is 14.3. The van der Waals surface area contributed by atoms with Gasteiger partial charge in [0.1, 0.15) is 12.3 Å². The summed E-state index contributed by atoms with van der Waals surface area (Å²) in [4.78, 5) is 12.7. The third-order valence-electron chi connectivity index (χ3n) is 3.25. The van der Waals surface area contributed by atoms with Gasteiger partial charge in [-0.15, -0.1) is 0 Å². The first-order valence-electron chi connectivity index (χ1n) is 6.02. The van der Waals surface area contributed by atoms with E-state index >= 15 is 0 Å². The van der Waals surface area contributed by atoms with Gasteiger partial charge >= 0.3 is 0 Å². The van der Waals surface area contributed by atoms with Crippen LogP contribution in [0.3, 0.4) is 0 Å². The predicted octanol–water partition coefficient (Wildman–Crippen LogP) is 0.0802. The maximum atomic E-state index is 9.81. The first kappa shape index (κ1) is 13.9. The molecule has 0 unspecified atom stereocenters. The van der Waals surface area contributed by atoms with Crippen LogP contribution < -0.4 is 4.74 Å².